The maximum absolute atomic E-state index is 12.3. The van der Waals surface area contributed by atoms with Crippen molar-refractivity contribution in [2.24, 2.45) is 0 Å². The lowest BCUT2D eigenvalue weighted by molar-refractivity contribution is 0.280. The zero-order valence-electron chi connectivity index (χ0n) is 12.0. The number of para-hydroxylation sites is 1. The summed E-state index contributed by atoms with van der Waals surface area (Å²) in [6, 6.07) is 17.4. The van der Waals surface area contributed by atoms with Crippen molar-refractivity contribution in [2.45, 2.75) is 24.7 Å². The third kappa shape index (κ3) is 4.31. The van der Waals surface area contributed by atoms with Gasteiger partial charge in [0.05, 0.1) is 10.6 Å². The fourth-order valence-corrected chi connectivity index (χ4v) is 2.83. The molecule has 2 aromatic carbocycles. The molecule has 0 aromatic heterocycles. The molecule has 2 rings (SSSR count). The standard InChI is InChI=1S/C16H19NO3S/c1-2-3-14-17(15-10-6-4-7-11-15)20-21(18,19)16-12-8-5-9-13-16/h4-13H,2-3,14H2,1H3. The Morgan fingerprint density at radius 1 is 0.952 bits per heavy atom. The van der Waals surface area contributed by atoms with E-state index in [-0.39, 0.29) is 4.90 Å². The molecule has 0 amide bonds. The summed E-state index contributed by atoms with van der Waals surface area (Å²) in [6.07, 6.45) is 1.80. The molecule has 0 saturated carbocycles. The van der Waals surface area contributed by atoms with Crippen molar-refractivity contribution in [1.29, 1.82) is 0 Å². The van der Waals surface area contributed by atoms with E-state index in [1.165, 1.54) is 17.2 Å². The van der Waals surface area contributed by atoms with Gasteiger partial charge in [-0.3, -0.25) is 0 Å². The quantitative estimate of drug-likeness (QED) is 0.733. The number of hydroxylamine groups is 1. The highest BCUT2D eigenvalue weighted by atomic mass is 32.2. The molecule has 21 heavy (non-hydrogen) atoms. The molecule has 0 unspecified atom stereocenters. The number of hydrogen-bond acceptors (Lipinski definition) is 4. The SMILES string of the molecule is CCCCN(OS(=O)(=O)c1ccccc1)c1ccccc1. The Bertz CT molecular complexity index is 642. The van der Waals surface area contributed by atoms with Crippen LogP contribution in [0.25, 0.3) is 0 Å². The largest absolute Gasteiger partial charge is 0.317 e. The van der Waals surface area contributed by atoms with Gasteiger partial charge in [-0.1, -0.05) is 49.7 Å². The lowest BCUT2D eigenvalue weighted by Gasteiger charge is -2.22. The Labute approximate surface area is 126 Å². The van der Waals surface area contributed by atoms with Crippen molar-refractivity contribution >= 4 is 15.8 Å². The second kappa shape index (κ2) is 7.24. The zero-order chi connectivity index (χ0) is 15.1. The number of rotatable bonds is 7. The summed E-state index contributed by atoms with van der Waals surface area (Å²) in [4.78, 5) is 0.155. The van der Waals surface area contributed by atoms with Crippen LogP contribution in [0.5, 0.6) is 0 Å². The molecule has 112 valence electrons. The Balaban J connectivity index is 2.23. The van der Waals surface area contributed by atoms with Crippen molar-refractivity contribution in [2.75, 3.05) is 11.6 Å². The van der Waals surface area contributed by atoms with Gasteiger partial charge in [-0.2, -0.15) is 8.42 Å². The summed E-state index contributed by atoms with van der Waals surface area (Å²) in [5.74, 6) is 0. The molecule has 2 aromatic rings. The van der Waals surface area contributed by atoms with E-state index in [9.17, 15) is 8.42 Å². The lowest BCUT2D eigenvalue weighted by atomic mass is 10.3. The number of hydrogen-bond donors (Lipinski definition) is 0. The van der Waals surface area contributed by atoms with Crippen molar-refractivity contribution in [3.05, 3.63) is 60.7 Å². The van der Waals surface area contributed by atoms with Crippen LogP contribution < -0.4 is 5.06 Å². The van der Waals surface area contributed by atoms with E-state index in [1.807, 2.05) is 30.3 Å². The van der Waals surface area contributed by atoms with Crippen LogP contribution in [0.4, 0.5) is 5.69 Å². The van der Waals surface area contributed by atoms with Gasteiger partial charge in [0.1, 0.15) is 0 Å². The van der Waals surface area contributed by atoms with Gasteiger partial charge in [0.15, 0.2) is 0 Å². The highest BCUT2D eigenvalue weighted by Gasteiger charge is 2.20. The number of anilines is 1. The maximum atomic E-state index is 12.3. The molecule has 0 aliphatic carbocycles. The number of nitrogens with zero attached hydrogens (tertiary/aromatic N) is 1. The van der Waals surface area contributed by atoms with Crippen molar-refractivity contribution in [3.8, 4) is 0 Å². The molecule has 0 saturated heterocycles. The minimum absolute atomic E-state index is 0.155. The van der Waals surface area contributed by atoms with Gasteiger partial charge in [0.2, 0.25) is 0 Å². The van der Waals surface area contributed by atoms with Gasteiger partial charge in [-0.15, -0.1) is 4.28 Å². The van der Waals surface area contributed by atoms with Crippen LogP contribution in [0.15, 0.2) is 65.6 Å². The molecule has 0 fully saturated rings. The van der Waals surface area contributed by atoms with Crippen LogP contribution in [0.1, 0.15) is 19.8 Å². The van der Waals surface area contributed by atoms with Crippen LogP contribution in [0.2, 0.25) is 0 Å². The average molecular weight is 305 g/mol. The van der Waals surface area contributed by atoms with Crippen LogP contribution in [0.3, 0.4) is 0 Å². The molecule has 0 radical (unpaired) electrons. The minimum atomic E-state index is -3.81. The van der Waals surface area contributed by atoms with Crippen molar-refractivity contribution < 1.29 is 12.7 Å². The predicted octanol–water partition coefficient (Wildman–Crippen LogP) is 3.61. The van der Waals surface area contributed by atoms with E-state index in [0.717, 1.165) is 18.5 Å². The molecule has 4 nitrogen and oxygen atoms in total. The molecular weight excluding hydrogens is 286 g/mol. The second-order valence-corrected chi connectivity index (χ2v) is 6.16. The lowest BCUT2D eigenvalue weighted by Crippen LogP contribution is -2.28. The topological polar surface area (TPSA) is 46.6 Å². The summed E-state index contributed by atoms with van der Waals surface area (Å²) in [5.41, 5.74) is 0.727. The first-order chi connectivity index (χ1) is 10.1. The Kier molecular flexibility index (Phi) is 5.36. The molecule has 0 aliphatic rings. The van der Waals surface area contributed by atoms with Crippen LogP contribution in [-0.2, 0) is 14.4 Å². The number of unbranched alkanes of at least 4 members (excludes halogenated alkanes) is 1. The summed E-state index contributed by atoms with van der Waals surface area (Å²) in [7, 11) is -3.81. The van der Waals surface area contributed by atoms with Crippen LogP contribution in [0, 0.1) is 0 Å². The average Bonchev–Trinajstić information content (AvgIpc) is 2.53. The molecule has 0 bridgehead atoms. The first kappa shape index (κ1) is 15.5. The summed E-state index contributed by atoms with van der Waals surface area (Å²) in [5, 5.41) is 1.44. The fraction of sp³-hybridized carbons (Fsp3) is 0.250. The van der Waals surface area contributed by atoms with E-state index in [1.54, 1.807) is 18.2 Å². The smallest absolute Gasteiger partial charge is 0.236 e. The monoisotopic (exact) mass is 305 g/mol. The molecule has 5 heteroatoms. The fourth-order valence-electron chi connectivity index (χ4n) is 1.85. The first-order valence-electron chi connectivity index (χ1n) is 6.96. The van der Waals surface area contributed by atoms with Gasteiger partial charge in [-0.05, 0) is 30.7 Å². The van der Waals surface area contributed by atoms with Crippen molar-refractivity contribution in [1.82, 2.24) is 0 Å². The zero-order valence-corrected chi connectivity index (χ0v) is 12.8. The Morgan fingerprint density at radius 2 is 1.52 bits per heavy atom. The first-order valence-corrected chi connectivity index (χ1v) is 8.36. The summed E-state index contributed by atoms with van der Waals surface area (Å²) in [6.45, 7) is 2.57. The highest BCUT2D eigenvalue weighted by Crippen LogP contribution is 2.20. The third-order valence-corrected chi connectivity index (χ3v) is 4.20. The summed E-state index contributed by atoms with van der Waals surface area (Å²) < 4.78 is 29.9. The van der Waals surface area contributed by atoms with Crippen molar-refractivity contribution in [3.63, 3.8) is 0 Å². The second-order valence-electron chi connectivity index (χ2n) is 4.63. The molecule has 0 atom stereocenters. The minimum Gasteiger partial charge on any atom is -0.236 e. The molecular formula is C16H19NO3S. The van der Waals surface area contributed by atoms with Gasteiger partial charge in [-0.25, -0.2) is 5.06 Å². The predicted molar refractivity (Wildman–Crippen MR) is 83.4 cm³/mol. The Morgan fingerprint density at radius 3 is 2.10 bits per heavy atom. The van der Waals surface area contributed by atoms with Crippen LogP contribution in [-0.4, -0.2) is 15.0 Å². The normalized spacial score (nSPS) is 11.3. The van der Waals surface area contributed by atoms with Crippen LogP contribution >= 0.6 is 0 Å². The number of benzene rings is 2. The molecule has 0 aliphatic heterocycles. The highest BCUT2D eigenvalue weighted by molar-refractivity contribution is 7.86. The van der Waals surface area contributed by atoms with Gasteiger partial charge >= 0.3 is 10.1 Å². The molecule has 0 spiro atoms. The van der Waals surface area contributed by atoms with Gasteiger partial charge < -0.3 is 0 Å². The van der Waals surface area contributed by atoms with E-state index < -0.39 is 10.1 Å². The molecule has 0 heterocycles. The van der Waals surface area contributed by atoms with E-state index in [4.69, 9.17) is 4.28 Å². The molecule has 0 N–H and O–H groups in total. The van der Waals surface area contributed by atoms with E-state index in [0.29, 0.717) is 6.54 Å². The third-order valence-electron chi connectivity index (χ3n) is 2.98. The maximum Gasteiger partial charge on any atom is 0.317 e. The van der Waals surface area contributed by atoms with Gasteiger partial charge in [0.25, 0.3) is 0 Å². The van der Waals surface area contributed by atoms with Gasteiger partial charge in [0, 0.05) is 6.54 Å². The van der Waals surface area contributed by atoms with E-state index in [2.05, 4.69) is 6.92 Å². The Hall–Kier alpha value is -1.85. The van der Waals surface area contributed by atoms with E-state index >= 15 is 0 Å². The summed E-state index contributed by atoms with van der Waals surface area (Å²) >= 11 is 0.